The molecule has 0 aromatic carbocycles. The Morgan fingerprint density at radius 2 is 1.90 bits per heavy atom. The van der Waals surface area contributed by atoms with Gasteiger partial charge in [-0.25, -0.2) is 4.98 Å². The maximum atomic E-state index is 11.8. The summed E-state index contributed by atoms with van der Waals surface area (Å²) < 4.78 is 0. The van der Waals surface area contributed by atoms with Gasteiger partial charge >= 0.3 is 0 Å². The molecule has 1 aromatic heterocycles. The molecular formula is C13H20ClN3O4. The summed E-state index contributed by atoms with van der Waals surface area (Å²) in [5.41, 5.74) is -0.325. The molecule has 21 heavy (non-hydrogen) atoms. The first-order valence-electron chi connectivity index (χ1n) is 6.28. The highest BCUT2D eigenvalue weighted by atomic mass is 35.5. The average Bonchev–Trinajstić information content (AvgIpc) is 2.38. The van der Waals surface area contributed by atoms with E-state index < -0.39 is 23.4 Å². The molecule has 8 heteroatoms. The summed E-state index contributed by atoms with van der Waals surface area (Å²) in [6, 6.07) is 0.384. The first-order valence-corrected chi connectivity index (χ1v) is 6.28. The van der Waals surface area contributed by atoms with Gasteiger partial charge in [0.05, 0.1) is 0 Å². The second-order valence-corrected chi connectivity index (χ2v) is 4.86. The molecule has 0 spiro atoms. The van der Waals surface area contributed by atoms with Crippen LogP contribution >= 0.6 is 12.4 Å². The smallest absolute Gasteiger partial charge is 0.274 e. The third kappa shape index (κ3) is 5.47. The Bertz CT molecular complexity index is 508. The van der Waals surface area contributed by atoms with E-state index in [9.17, 15) is 19.8 Å². The van der Waals surface area contributed by atoms with Crippen LogP contribution in [0.5, 0.6) is 11.5 Å². The molecule has 1 heterocycles. The number of aromatic hydroxyl groups is 2. The Labute approximate surface area is 129 Å². The van der Waals surface area contributed by atoms with Crippen molar-refractivity contribution in [1.82, 2.24) is 15.6 Å². The van der Waals surface area contributed by atoms with E-state index in [4.69, 9.17) is 0 Å². The summed E-state index contributed by atoms with van der Waals surface area (Å²) in [4.78, 5) is 27.2. The fraction of sp³-hybridized carbons (Fsp3) is 0.462. The molecule has 0 saturated heterocycles. The van der Waals surface area contributed by atoms with E-state index >= 15 is 0 Å². The Morgan fingerprint density at radius 3 is 2.48 bits per heavy atom. The molecule has 1 aromatic rings. The number of rotatable bonds is 5. The predicted molar refractivity (Wildman–Crippen MR) is 79.6 cm³/mol. The van der Waals surface area contributed by atoms with E-state index in [0.29, 0.717) is 12.5 Å². The fourth-order valence-electron chi connectivity index (χ4n) is 1.40. The zero-order valence-electron chi connectivity index (χ0n) is 12.1. The number of nitrogens with zero attached hydrogens (tertiary/aromatic N) is 1. The van der Waals surface area contributed by atoms with Gasteiger partial charge in [0.1, 0.15) is 6.04 Å². The molecule has 2 amide bonds. The number of hydrogen-bond donors (Lipinski definition) is 4. The molecule has 0 aliphatic rings. The largest absolute Gasteiger partial charge is 0.504 e. The lowest BCUT2D eigenvalue weighted by Crippen LogP contribution is -2.45. The van der Waals surface area contributed by atoms with E-state index in [1.807, 2.05) is 13.8 Å². The van der Waals surface area contributed by atoms with Crippen molar-refractivity contribution in [2.45, 2.75) is 26.8 Å². The van der Waals surface area contributed by atoms with Gasteiger partial charge in [0.15, 0.2) is 17.2 Å². The van der Waals surface area contributed by atoms with Gasteiger partial charge < -0.3 is 20.8 Å². The van der Waals surface area contributed by atoms with Gasteiger partial charge in [-0.05, 0) is 12.8 Å². The first-order chi connectivity index (χ1) is 9.32. The van der Waals surface area contributed by atoms with Crippen molar-refractivity contribution < 1.29 is 19.8 Å². The molecule has 0 aliphatic heterocycles. The lowest BCUT2D eigenvalue weighted by molar-refractivity contribution is -0.122. The van der Waals surface area contributed by atoms with Crippen molar-refractivity contribution in [1.29, 1.82) is 0 Å². The normalized spacial score (nSPS) is 11.4. The summed E-state index contributed by atoms with van der Waals surface area (Å²) in [5, 5.41) is 23.9. The molecule has 0 unspecified atom stereocenters. The van der Waals surface area contributed by atoms with Gasteiger partial charge in [0.25, 0.3) is 5.91 Å². The number of nitrogens with one attached hydrogen (secondary N) is 2. The number of aromatic nitrogens is 1. The highest BCUT2D eigenvalue weighted by Crippen LogP contribution is 2.25. The Morgan fingerprint density at radius 1 is 1.29 bits per heavy atom. The van der Waals surface area contributed by atoms with Crippen LogP contribution in [-0.2, 0) is 4.79 Å². The minimum absolute atomic E-state index is 0. The zero-order valence-corrected chi connectivity index (χ0v) is 12.9. The van der Waals surface area contributed by atoms with E-state index in [2.05, 4.69) is 15.6 Å². The molecule has 118 valence electrons. The van der Waals surface area contributed by atoms with Crippen LogP contribution < -0.4 is 10.6 Å². The van der Waals surface area contributed by atoms with Crippen LogP contribution in [0.2, 0.25) is 0 Å². The van der Waals surface area contributed by atoms with Crippen molar-refractivity contribution in [3.8, 4) is 11.5 Å². The standard InChI is InChI=1S/C13H19N3O4.ClH/c1-7(2)6-15-12(19)8(3)16-13(20)10-11(18)9(17)4-5-14-10;/h4-5,7-8,18H,6H2,1-3H3,(H,14,17)(H,15,19)(H,16,20);1H/t8-;/m0./s1. The van der Waals surface area contributed by atoms with Gasteiger partial charge in [-0.1, -0.05) is 13.8 Å². The van der Waals surface area contributed by atoms with Crippen LogP contribution in [0.25, 0.3) is 0 Å². The average molecular weight is 318 g/mol. The third-order valence-corrected chi connectivity index (χ3v) is 2.54. The monoisotopic (exact) mass is 317 g/mol. The van der Waals surface area contributed by atoms with Crippen LogP contribution in [0.3, 0.4) is 0 Å². The van der Waals surface area contributed by atoms with E-state index in [1.165, 1.54) is 13.1 Å². The minimum atomic E-state index is -0.773. The Hall–Kier alpha value is -2.02. The van der Waals surface area contributed by atoms with Crippen LogP contribution in [0.1, 0.15) is 31.3 Å². The predicted octanol–water partition coefficient (Wildman–Crippen LogP) is 0.805. The van der Waals surface area contributed by atoms with Crippen molar-refractivity contribution in [3.05, 3.63) is 18.0 Å². The second kappa shape index (κ2) is 8.31. The fourth-order valence-corrected chi connectivity index (χ4v) is 1.40. The number of amides is 2. The molecule has 4 N–H and O–H groups in total. The van der Waals surface area contributed by atoms with Gasteiger partial charge in [-0.2, -0.15) is 0 Å². The lowest BCUT2D eigenvalue weighted by Gasteiger charge is -2.15. The van der Waals surface area contributed by atoms with Crippen molar-refractivity contribution >= 4 is 24.2 Å². The van der Waals surface area contributed by atoms with Crippen LogP contribution in [0.4, 0.5) is 0 Å². The number of hydrogen-bond acceptors (Lipinski definition) is 5. The number of halogens is 1. The summed E-state index contributed by atoms with van der Waals surface area (Å²) in [6.07, 6.45) is 1.19. The molecule has 0 aliphatic carbocycles. The molecule has 0 saturated carbocycles. The van der Waals surface area contributed by atoms with Gasteiger partial charge in [-0.3, -0.25) is 9.59 Å². The van der Waals surface area contributed by atoms with Crippen molar-refractivity contribution in [3.63, 3.8) is 0 Å². The van der Waals surface area contributed by atoms with Crippen LogP contribution in [0.15, 0.2) is 12.3 Å². The minimum Gasteiger partial charge on any atom is -0.504 e. The molecule has 0 radical (unpaired) electrons. The molecule has 7 nitrogen and oxygen atoms in total. The second-order valence-electron chi connectivity index (χ2n) is 4.86. The van der Waals surface area contributed by atoms with E-state index in [-0.39, 0.29) is 24.0 Å². The molecule has 0 fully saturated rings. The number of carbonyl (C=O) groups is 2. The van der Waals surface area contributed by atoms with Crippen molar-refractivity contribution in [2.24, 2.45) is 5.92 Å². The lowest BCUT2D eigenvalue weighted by atomic mass is 10.2. The van der Waals surface area contributed by atoms with Crippen molar-refractivity contribution in [2.75, 3.05) is 6.54 Å². The van der Waals surface area contributed by atoms with Crippen LogP contribution in [-0.4, -0.2) is 39.6 Å². The number of carbonyl (C=O) groups excluding carboxylic acids is 2. The summed E-state index contributed by atoms with van der Waals surface area (Å²) >= 11 is 0. The Kier molecular flexibility index (Phi) is 7.51. The Balaban J connectivity index is 0.00000400. The maximum Gasteiger partial charge on any atom is 0.274 e. The maximum absolute atomic E-state index is 11.8. The molecule has 1 atom stereocenters. The summed E-state index contributed by atoms with van der Waals surface area (Å²) in [5.74, 6) is -1.81. The molecule has 0 bridgehead atoms. The van der Waals surface area contributed by atoms with Crippen LogP contribution in [0, 0.1) is 5.92 Å². The number of pyridine rings is 1. The quantitative estimate of drug-likeness (QED) is 0.642. The third-order valence-electron chi connectivity index (χ3n) is 2.54. The SMILES string of the molecule is CC(C)CNC(=O)[C@H](C)NC(=O)c1nccc(O)c1O.Cl. The summed E-state index contributed by atoms with van der Waals surface area (Å²) in [7, 11) is 0. The highest BCUT2D eigenvalue weighted by molar-refractivity contribution is 5.98. The topological polar surface area (TPSA) is 112 Å². The van der Waals surface area contributed by atoms with Gasteiger partial charge in [0.2, 0.25) is 5.91 Å². The highest BCUT2D eigenvalue weighted by Gasteiger charge is 2.20. The van der Waals surface area contributed by atoms with Gasteiger partial charge in [-0.15, -0.1) is 12.4 Å². The first kappa shape index (κ1) is 19.0. The molecule has 1 rings (SSSR count). The van der Waals surface area contributed by atoms with Gasteiger partial charge in [0, 0.05) is 18.8 Å². The van der Waals surface area contributed by atoms with E-state index in [0.717, 1.165) is 6.07 Å². The molecular weight excluding hydrogens is 298 g/mol. The zero-order chi connectivity index (χ0) is 15.3. The van der Waals surface area contributed by atoms with E-state index in [1.54, 1.807) is 0 Å². The summed E-state index contributed by atoms with van der Waals surface area (Å²) in [6.45, 7) is 5.94.